The molecule has 1 saturated heterocycles. The van der Waals surface area contributed by atoms with Gasteiger partial charge < -0.3 is 10.6 Å². The fourth-order valence-electron chi connectivity index (χ4n) is 3.67. The predicted molar refractivity (Wildman–Crippen MR) is 93.4 cm³/mol. The van der Waals surface area contributed by atoms with Crippen LogP contribution in [0.3, 0.4) is 0 Å². The molecule has 0 radical (unpaired) electrons. The lowest BCUT2D eigenvalue weighted by atomic mass is 9.92. The zero-order chi connectivity index (χ0) is 16.7. The number of halogens is 1. The third kappa shape index (κ3) is 2.60. The zero-order valence-corrected chi connectivity index (χ0v) is 13.9. The van der Waals surface area contributed by atoms with E-state index in [0.29, 0.717) is 17.0 Å². The molecule has 2 aromatic heterocycles. The largest absolute Gasteiger partial charge is 0.369 e. The van der Waals surface area contributed by atoms with Gasteiger partial charge in [0.05, 0.1) is 5.69 Å². The molecule has 4 rings (SSSR count). The van der Waals surface area contributed by atoms with Crippen molar-refractivity contribution in [2.75, 3.05) is 25.4 Å². The van der Waals surface area contributed by atoms with Crippen LogP contribution in [0.4, 0.5) is 10.3 Å². The molecular formula is C18H22FN5. The average Bonchev–Trinajstić information content (AvgIpc) is 3.01. The van der Waals surface area contributed by atoms with Crippen LogP contribution in [0.15, 0.2) is 24.4 Å². The number of imidazole rings is 1. The fraction of sp³-hybridized carbons (Fsp3) is 0.444. The zero-order valence-electron chi connectivity index (χ0n) is 13.9. The Morgan fingerprint density at radius 1 is 1.25 bits per heavy atom. The van der Waals surface area contributed by atoms with Gasteiger partial charge in [0, 0.05) is 11.6 Å². The topological polar surface area (TPSA) is 59.5 Å². The molecule has 1 aliphatic heterocycles. The van der Waals surface area contributed by atoms with Crippen molar-refractivity contribution >= 4 is 22.5 Å². The molecule has 0 spiro atoms. The first kappa shape index (κ1) is 15.3. The van der Waals surface area contributed by atoms with Crippen molar-refractivity contribution in [3.05, 3.63) is 35.9 Å². The third-order valence-corrected chi connectivity index (χ3v) is 5.11. The first-order chi connectivity index (χ1) is 11.7. The number of nitrogens with zero attached hydrogens (tertiary/aromatic N) is 4. The molecule has 126 valence electrons. The molecular weight excluding hydrogens is 305 g/mol. The van der Waals surface area contributed by atoms with Crippen LogP contribution in [0.5, 0.6) is 0 Å². The molecule has 3 aromatic rings. The van der Waals surface area contributed by atoms with Gasteiger partial charge in [-0.1, -0.05) is 13.0 Å². The summed E-state index contributed by atoms with van der Waals surface area (Å²) in [5.41, 5.74) is 8.00. The molecule has 24 heavy (non-hydrogen) atoms. The normalized spacial score (nSPS) is 17.1. The number of anilines is 1. The summed E-state index contributed by atoms with van der Waals surface area (Å²) in [5.74, 6) is 0.565. The van der Waals surface area contributed by atoms with Crippen LogP contribution >= 0.6 is 0 Å². The summed E-state index contributed by atoms with van der Waals surface area (Å²) in [6, 6.07) is 4.93. The summed E-state index contributed by atoms with van der Waals surface area (Å²) in [5, 5.41) is 0.705. The van der Waals surface area contributed by atoms with Crippen LogP contribution < -0.4 is 5.73 Å². The van der Waals surface area contributed by atoms with E-state index in [1.807, 2.05) is 12.3 Å². The Kier molecular flexibility index (Phi) is 3.84. The minimum Gasteiger partial charge on any atom is -0.369 e. The smallest absolute Gasteiger partial charge is 0.206 e. The highest BCUT2D eigenvalue weighted by Gasteiger charge is 2.20. The number of nitrogen functional groups attached to an aromatic ring is 1. The number of likely N-dealkylation sites (tertiary alicyclic amines) is 1. The number of hydrogen-bond donors (Lipinski definition) is 1. The van der Waals surface area contributed by atoms with Crippen molar-refractivity contribution < 1.29 is 4.39 Å². The van der Waals surface area contributed by atoms with Gasteiger partial charge in [-0.2, -0.15) is 0 Å². The van der Waals surface area contributed by atoms with E-state index in [9.17, 15) is 4.39 Å². The highest BCUT2D eigenvalue weighted by molar-refractivity contribution is 5.92. The minimum atomic E-state index is -0.363. The Hall–Kier alpha value is -2.21. The first-order valence-electron chi connectivity index (χ1n) is 8.59. The summed E-state index contributed by atoms with van der Waals surface area (Å²) < 4.78 is 15.8. The molecule has 0 atom stereocenters. The fourth-order valence-corrected chi connectivity index (χ4v) is 3.67. The Balaban J connectivity index is 1.67. The molecule has 1 aromatic carbocycles. The van der Waals surface area contributed by atoms with E-state index in [-0.39, 0.29) is 17.3 Å². The van der Waals surface area contributed by atoms with Crippen LogP contribution in [-0.2, 0) is 6.42 Å². The van der Waals surface area contributed by atoms with E-state index < -0.39 is 0 Å². The maximum absolute atomic E-state index is 14.0. The second-order valence-electron chi connectivity index (χ2n) is 6.61. The lowest BCUT2D eigenvalue weighted by Gasteiger charge is -2.30. The second-order valence-corrected chi connectivity index (χ2v) is 6.61. The van der Waals surface area contributed by atoms with Gasteiger partial charge in [0.15, 0.2) is 0 Å². The lowest BCUT2D eigenvalue weighted by Crippen LogP contribution is -2.34. The van der Waals surface area contributed by atoms with Gasteiger partial charge >= 0.3 is 0 Å². The number of piperidine rings is 1. The number of fused-ring (bicyclic) bond motifs is 3. The molecule has 3 heterocycles. The maximum atomic E-state index is 14.0. The molecule has 1 fully saturated rings. The van der Waals surface area contributed by atoms with Crippen LogP contribution in [0.25, 0.3) is 16.6 Å². The van der Waals surface area contributed by atoms with Crippen molar-refractivity contribution in [1.82, 2.24) is 19.3 Å². The van der Waals surface area contributed by atoms with Gasteiger partial charge in [0.25, 0.3) is 0 Å². The third-order valence-electron chi connectivity index (χ3n) is 5.11. The highest BCUT2D eigenvalue weighted by atomic mass is 19.1. The monoisotopic (exact) mass is 327 g/mol. The van der Waals surface area contributed by atoms with E-state index in [1.54, 1.807) is 10.5 Å². The number of para-hydroxylation sites is 1. The number of nitrogens with two attached hydrogens (primary N) is 1. The van der Waals surface area contributed by atoms with Crippen LogP contribution in [0, 0.1) is 11.7 Å². The average molecular weight is 327 g/mol. The van der Waals surface area contributed by atoms with Crippen molar-refractivity contribution in [2.24, 2.45) is 5.92 Å². The summed E-state index contributed by atoms with van der Waals surface area (Å²) in [6.45, 7) is 5.65. The molecule has 0 unspecified atom stereocenters. The van der Waals surface area contributed by atoms with Gasteiger partial charge in [-0.05, 0) is 56.9 Å². The standard InChI is InChI=1S/C18H22FN5/c1-2-23-8-6-12(7-9-23)10-13-11-24-17(21-13)14-4-3-5-15(19)16(14)22-18(24)20/h3-5,11-12H,2,6-10H2,1H3,(H2,20,22). The maximum Gasteiger partial charge on any atom is 0.206 e. The molecule has 5 nitrogen and oxygen atoms in total. The molecule has 6 heteroatoms. The summed E-state index contributed by atoms with van der Waals surface area (Å²) in [4.78, 5) is 11.4. The van der Waals surface area contributed by atoms with E-state index in [1.165, 1.54) is 18.9 Å². The molecule has 2 N–H and O–H groups in total. The van der Waals surface area contributed by atoms with Crippen molar-refractivity contribution in [3.63, 3.8) is 0 Å². The number of aromatic nitrogens is 3. The number of benzene rings is 1. The summed E-state index contributed by atoms with van der Waals surface area (Å²) in [6.07, 6.45) is 5.29. The predicted octanol–water partition coefficient (Wildman–Crippen LogP) is 2.88. The van der Waals surface area contributed by atoms with Gasteiger partial charge in [-0.15, -0.1) is 0 Å². The van der Waals surface area contributed by atoms with E-state index >= 15 is 0 Å². The summed E-state index contributed by atoms with van der Waals surface area (Å²) >= 11 is 0. The first-order valence-corrected chi connectivity index (χ1v) is 8.59. The van der Waals surface area contributed by atoms with E-state index in [2.05, 4.69) is 16.8 Å². The van der Waals surface area contributed by atoms with Crippen molar-refractivity contribution in [1.29, 1.82) is 0 Å². The van der Waals surface area contributed by atoms with Crippen LogP contribution in [0.2, 0.25) is 0 Å². The van der Waals surface area contributed by atoms with Gasteiger partial charge in [-0.25, -0.2) is 14.4 Å². The Labute approximate surface area is 140 Å². The van der Waals surface area contributed by atoms with Gasteiger partial charge in [0.2, 0.25) is 5.95 Å². The van der Waals surface area contributed by atoms with E-state index in [0.717, 1.165) is 31.7 Å². The Morgan fingerprint density at radius 3 is 2.79 bits per heavy atom. The van der Waals surface area contributed by atoms with Crippen LogP contribution in [0.1, 0.15) is 25.5 Å². The van der Waals surface area contributed by atoms with Gasteiger partial charge in [0.1, 0.15) is 17.0 Å². The second kappa shape index (κ2) is 6.02. The lowest BCUT2D eigenvalue weighted by molar-refractivity contribution is 0.191. The van der Waals surface area contributed by atoms with Crippen molar-refractivity contribution in [2.45, 2.75) is 26.2 Å². The van der Waals surface area contributed by atoms with Crippen LogP contribution in [-0.4, -0.2) is 38.9 Å². The highest BCUT2D eigenvalue weighted by Crippen LogP contribution is 2.25. The number of rotatable bonds is 3. The Bertz CT molecular complexity index is 880. The van der Waals surface area contributed by atoms with Crippen molar-refractivity contribution in [3.8, 4) is 0 Å². The molecule has 0 saturated carbocycles. The minimum absolute atomic E-state index is 0.280. The quantitative estimate of drug-likeness (QED) is 0.803. The van der Waals surface area contributed by atoms with Gasteiger partial charge in [-0.3, -0.25) is 4.40 Å². The van der Waals surface area contributed by atoms with E-state index in [4.69, 9.17) is 10.7 Å². The molecule has 0 aliphatic carbocycles. The SMILES string of the molecule is CCN1CCC(Cc2cn3c(N)nc4c(F)cccc4c3n2)CC1. The molecule has 0 amide bonds. The molecule has 1 aliphatic rings. The number of hydrogen-bond acceptors (Lipinski definition) is 4. The summed E-state index contributed by atoms with van der Waals surface area (Å²) in [7, 11) is 0. The molecule has 0 bridgehead atoms. The Morgan fingerprint density at radius 2 is 2.04 bits per heavy atom.